The largest absolute Gasteiger partial charge is 0.435 e. The summed E-state index contributed by atoms with van der Waals surface area (Å²) in [6.07, 6.45) is -3.75. The number of halogens is 5. The van der Waals surface area contributed by atoms with Crippen molar-refractivity contribution in [1.82, 2.24) is 19.7 Å². The third kappa shape index (κ3) is 4.65. The lowest BCUT2D eigenvalue weighted by Crippen LogP contribution is -2.14. The molecular weight excluding hydrogens is 494 g/mol. The first kappa shape index (κ1) is 23.8. The summed E-state index contributed by atoms with van der Waals surface area (Å²) in [5.74, 6) is -0.674. The molecule has 4 aromatic rings. The lowest BCUT2D eigenvalue weighted by atomic mass is 10.1. The van der Waals surface area contributed by atoms with Crippen LogP contribution in [-0.4, -0.2) is 28.2 Å². The highest BCUT2D eigenvalue weighted by Gasteiger charge is 2.35. The molecule has 0 aliphatic carbocycles. The van der Waals surface area contributed by atoms with Crippen LogP contribution >= 0.6 is 23.7 Å². The Morgan fingerprint density at radius 1 is 1.06 bits per heavy atom. The Morgan fingerprint density at radius 2 is 1.81 bits per heavy atom. The maximum atomic E-state index is 14.7. The summed E-state index contributed by atoms with van der Waals surface area (Å²) in [5, 5.41) is 9.73. The van der Waals surface area contributed by atoms with E-state index in [1.807, 2.05) is 0 Å². The Kier molecular flexibility index (Phi) is 6.38. The third-order valence-electron chi connectivity index (χ3n) is 4.23. The molecule has 0 spiro atoms. The number of aromatic nitrogens is 4. The van der Waals surface area contributed by atoms with Crippen molar-refractivity contribution in [3.8, 4) is 28.2 Å². The van der Waals surface area contributed by atoms with Gasteiger partial charge in [0.15, 0.2) is 10.7 Å². The Labute approximate surface area is 189 Å². The molecule has 14 heteroatoms. The van der Waals surface area contributed by atoms with Gasteiger partial charge in [-0.25, -0.2) is 32.6 Å². The minimum atomic E-state index is -4.76. The molecule has 0 amide bonds. The summed E-state index contributed by atoms with van der Waals surface area (Å²) in [6, 6.07) is 6.93. The Balaban J connectivity index is 0.00000289. The number of primary sulfonamides is 1. The van der Waals surface area contributed by atoms with Gasteiger partial charge in [-0.2, -0.15) is 18.3 Å². The van der Waals surface area contributed by atoms with Crippen LogP contribution in [0.4, 0.5) is 17.6 Å². The molecule has 0 atom stereocenters. The molecule has 0 radical (unpaired) electrons. The molecule has 0 saturated heterocycles. The number of nitrogens with zero attached hydrogens (tertiary/aromatic N) is 4. The van der Waals surface area contributed by atoms with E-state index in [1.165, 1.54) is 35.0 Å². The van der Waals surface area contributed by atoms with Gasteiger partial charge in [-0.1, -0.05) is 6.07 Å². The molecule has 32 heavy (non-hydrogen) atoms. The average molecular weight is 506 g/mol. The van der Waals surface area contributed by atoms with Crippen LogP contribution in [0.25, 0.3) is 28.2 Å². The summed E-state index contributed by atoms with van der Waals surface area (Å²) in [4.78, 5) is 7.69. The van der Waals surface area contributed by atoms with Crippen molar-refractivity contribution >= 4 is 33.8 Å². The minimum absolute atomic E-state index is 0. The highest BCUT2D eigenvalue weighted by Crippen LogP contribution is 2.34. The van der Waals surface area contributed by atoms with Crippen LogP contribution in [-0.2, 0) is 16.2 Å². The van der Waals surface area contributed by atoms with Gasteiger partial charge in [-0.3, -0.25) is 0 Å². The van der Waals surface area contributed by atoms with Crippen molar-refractivity contribution in [2.75, 3.05) is 0 Å². The van der Waals surface area contributed by atoms with E-state index in [0.717, 1.165) is 29.1 Å². The number of hydrogen-bond donors (Lipinski definition) is 1. The van der Waals surface area contributed by atoms with Gasteiger partial charge >= 0.3 is 6.18 Å². The van der Waals surface area contributed by atoms with Crippen LogP contribution in [0.3, 0.4) is 0 Å². The number of sulfonamides is 1. The van der Waals surface area contributed by atoms with Gasteiger partial charge in [0.25, 0.3) is 10.0 Å². The quantitative estimate of drug-likeness (QED) is 0.417. The van der Waals surface area contributed by atoms with Gasteiger partial charge in [0.2, 0.25) is 0 Å². The summed E-state index contributed by atoms with van der Waals surface area (Å²) < 4.78 is 78.2. The highest BCUT2D eigenvalue weighted by atomic mass is 35.5. The summed E-state index contributed by atoms with van der Waals surface area (Å²) in [5.41, 5.74) is 1.01. The number of thiazole rings is 1. The zero-order valence-electron chi connectivity index (χ0n) is 15.6. The molecule has 2 N–H and O–H groups in total. The summed E-state index contributed by atoms with van der Waals surface area (Å²) in [6.45, 7) is 0. The van der Waals surface area contributed by atoms with Gasteiger partial charge in [0.1, 0.15) is 5.82 Å². The smallest absolute Gasteiger partial charge is 0.245 e. The number of benzene rings is 1. The fourth-order valence-electron chi connectivity index (χ4n) is 2.82. The zero-order valence-corrected chi connectivity index (χ0v) is 18.1. The van der Waals surface area contributed by atoms with Crippen molar-refractivity contribution < 1.29 is 26.0 Å². The number of nitrogens with two attached hydrogens (primary N) is 1. The van der Waals surface area contributed by atoms with E-state index < -0.39 is 32.7 Å². The minimum Gasteiger partial charge on any atom is -0.245 e. The van der Waals surface area contributed by atoms with Crippen LogP contribution in [0, 0.1) is 5.82 Å². The molecule has 0 bridgehead atoms. The van der Waals surface area contributed by atoms with Crippen molar-refractivity contribution in [2.24, 2.45) is 5.14 Å². The lowest BCUT2D eigenvalue weighted by Gasteiger charge is -2.09. The Hall–Kier alpha value is -2.87. The SMILES string of the molecule is Cl.NS(=O)(=O)c1ccc(-n2nc(C(F)(F)F)cc2-c2ccc(-c3cscn3)c(F)c2)cn1. The van der Waals surface area contributed by atoms with E-state index in [4.69, 9.17) is 5.14 Å². The molecule has 0 aliphatic heterocycles. The average Bonchev–Trinajstić information content (AvgIpc) is 3.37. The van der Waals surface area contributed by atoms with E-state index in [1.54, 1.807) is 5.38 Å². The predicted octanol–water partition coefficient (Wildman–Crippen LogP) is 4.28. The maximum absolute atomic E-state index is 14.7. The van der Waals surface area contributed by atoms with Crippen molar-refractivity contribution in [3.05, 3.63) is 65.0 Å². The lowest BCUT2D eigenvalue weighted by molar-refractivity contribution is -0.141. The molecular formula is C18H12ClF4N5O2S2. The first-order chi connectivity index (χ1) is 14.5. The standard InChI is InChI=1S/C18H11F4N5O2S2.ClH/c19-13-5-10(1-3-12(13)14-8-30-9-25-14)15-6-16(18(20,21)22)26-27(15)11-2-4-17(24-7-11)31(23,28)29;/h1-9H,(H2,23,28,29);1H. The highest BCUT2D eigenvalue weighted by molar-refractivity contribution is 7.89. The van der Waals surface area contributed by atoms with Gasteiger partial charge in [0.05, 0.1) is 28.8 Å². The van der Waals surface area contributed by atoms with E-state index >= 15 is 0 Å². The van der Waals surface area contributed by atoms with Crippen LogP contribution in [0.1, 0.15) is 5.69 Å². The summed E-state index contributed by atoms with van der Waals surface area (Å²) in [7, 11) is -4.09. The molecule has 0 unspecified atom stereocenters. The second kappa shape index (κ2) is 8.58. The second-order valence-electron chi connectivity index (χ2n) is 6.29. The van der Waals surface area contributed by atoms with E-state index in [0.29, 0.717) is 5.69 Å². The number of hydrogen-bond acceptors (Lipinski definition) is 6. The molecule has 168 valence electrons. The van der Waals surface area contributed by atoms with Gasteiger partial charge in [-0.05, 0) is 30.3 Å². The monoisotopic (exact) mass is 505 g/mol. The molecule has 3 aromatic heterocycles. The predicted molar refractivity (Wildman–Crippen MR) is 111 cm³/mol. The van der Waals surface area contributed by atoms with Gasteiger partial charge in [-0.15, -0.1) is 23.7 Å². The third-order valence-corrected chi connectivity index (χ3v) is 5.64. The number of rotatable bonds is 4. The van der Waals surface area contributed by atoms with Crippen LogP contribution < -0.4 is 5.14 Å². The second-order valence-corrected chi connectivity index (χ2v) is 8.52. The Morgan fingerprint density at radius 3 is 2.34 bits per heavy atom. The maximum Gasteiger partial charge on any atom is 0.435 e. The number of alkyl halides is 3. The fraction of sp³-hybridized carbons (Fsp3) is 0.0556. The molecule has 0 aliphatic rings. The zero-order chi connectivity index (χ0) is 22.4. The van der Waals surface area contributed by atoms with E-state index in [-0.39, 0.29) is 34.9 Å². The van der Waals surface area contributed by atoms with Crippen LogP contribution in [0.5, 0.6) is 0 Å². The van der Waals surface area contributed by atoms with Gasteiger partial charge < -0.3 is 0 Å². The summed E-state index contributed by atoms with van der Waals surface area (Å²) >= 11 is 1.28. The van der Waals surface area contributed by atoms with E-state index in [9.17, 15) is 26.0 Å². The normalized spacial score (nSPS) is 11.9. The molecule has 1 aromatic carbocycles. The molecule has 3 heterocycles. The first-order valence-corrected chi connectivity index (χ1v) is 10.9. The van der Waals surface area contributed by atoms with E-state index in [2.05, 4.69) is 15.1 Å². The molecule has 7 nitrogen and oxygen atoms in total. The number of pyridine rings is 1. The van der Waals surface area contributed by atoms with Crippen molar-refractivity contribution in [2.45, 2.75) is 11.2 Å². The molecule has 4 rings (SSSR count). The molecule has 0 saturated carbocycles. The first-order valence-electron chi connectivity index (χ1n) is 8.39. The van der Waals surface area contributed by atoms with Crippen LogP contribution in [0.15, 0.2) is 58.5 Å². The van der Waals surface area contributed by atoms with Crippen molar-refractivity contribution in [1.29, 1.82) is 0 Å². The van der Waals surface area contributed by atoms with Gasteiger partial charge in [0, 0.05) is 16.5 Å². The molecule has 0 fully saturated rings. The topological polar surface area (TPSA) is 104 Å². The van der Waals surface area contributed by atoms with Crippen molar-refractivity contribution in [3.63, 3.8) is 0 Å². The van der Waals surface area contributed by atoms with Crippen LogP contribution in [0.2, 0.25) is 0 Å². The fourth-order valence-corrected chi connectivity index (χ4v) is 3.83. The Bertz CT molecular complexity index is 1360.